The first-order valence-corrected chi connectivity index (χ1v) is 6.04. The maximum absolute atomic E-state index is 12.7. The Bertz CT molecular complexity index is 544. The van der Waals surface area contributed by atoms with E-state index in [0.717, 1.165) is 4.90 Å². The molecular formula is C14H15F3N2O. The van der Waals surface area contributed by atoms with Crippen molar-refractivity contribution in [3.8, 4) is 6.07 Å². The largest absolute Gasteiger partial charge is 0.405 e. The molecule has 0 heterocycles. The number of nitrogens with zero attached hydrogens (tertiary/aromatic N) is 2. The molecule has 0 spiro atoms. The van der Waals surface area contributed by atoms with Gasteiger partial charge in [-0.15, -0.1) is 0 Å². The molecule has 0 amide bonds. The minimum atomic E-state index is -4.39. The third-order valence-corrected chi connectivity index (χ3v) is 2.79. The summed E-state index contributed by atoms with van der Waals surface area (Å²) in [6.07, 6.45) is -4.39. The van der Waals surface area contributed by atoms with Crippen molar-refractivity contribution in [3.63, 3.8) is 0 Å². The van der Waals surface area contributed by atoms with Crippen molar-refractivity contribution in [1.29, 1.82) is 5.26 Å². The van der Waals surface area contributed by atoms with E-state index in [2.05, 4.69) is 0 Å². The average Bonchev–Trinajstić information content (AvgIpc) is 2.33. The number of halogens is 3. The lowest BCUT2D eigenvalue weighted by Gasteiger charge is -2.31. The zero-order valence-electron chi connectivity index (χ0n) is 11.5. The number of benzene rings is 1. The summed E-state index contributed by atoms with van der Waals surface area (Å²) in [4.78, 5) is 12.6. The fourth-order valence-corrected chi connectivity index (χ4v) is 1.88. The van der Waals surface area contributed by atoms with Crippen LogP contribution in [0.3, 0.4) is 0 Å². The predicted octanol–water partition coefficient (Wildman–Crippen LogP) is 3.54. The first-order valence-electron chi connectivity index (χ1n) is 6.04. The summed E-state index contributed by atoms with van der Waals surface area (Å²) in [6.45, 7) is 3.33. The molecule has 0 saturated heterocycles. The van der Waals surface area contributed by atoms with E-state index in [9.17, 15) is 18.0 Å². The van der Waals surface area contributed by atoms with Gasteiger partial charge in [0.15, 0.2) is 5.78 Å². The van der Waals surface area contributed by atoms with Gasteiger partial charge in [0.2, 0.25) is 0 Å². The topological polar surface area (TPSA) is 44.1 Å². The molecule has 108 valence electrons. The van der Waals surface area contributed by atoms with Crippen molar-refractivity contribution < 1.29 is 18.0 Å². The fourth-order valence-electron chi connectivity index (χ4n) is 1.88. The second-order valence-corrected chi connectivity index (χ2v) is 4.74. The van der Waals surface area contributed by atoms with E-state index < -0.39 is 18.8 Å². The van der Waals surface area contributed by atoms with E-state index in [4.69, 9.17) is 5.26 Å². The molecule has 1 aromatic carbocycles. The molecule has 0 atom stereocenters. The SMILES string of the molecule is CC(=O)c1ccc(C#N)cc1N(CC(F)(F)F)C(C)C. The van der Waals surface area contributed by atoms with Crippen LogP contribution in [0.15, 0.2) is 18.2 Å². The molecule has 0 aliphatic rings. The molecule has 1 aromatic rings. The van der Waals surface area contributed by atoms with Crippen LogP contribution < -0.4 is 4.90 Å². The zero-order valence-corrected chi connectivity index (χ0v) is 11.5. The van der Waals surface area contributed by atoms with Crippen LogP contribution in [0.25, 0.3) is 0 Å². The Labute approximate surface area is 115 Å². The Morgan fingerprint density at radius 2 is 2.00 bits per heavy atom. The van der Waals surface area contributed by atoms with Gasteiger partial charge < -0.3 is 4.90 Å². The number of anilines is 1. The molecule has 0 unspecified atom stereocenters. The Morgan fingerprint density at radius 1 is 1.40 bits per heavy atom. The molecule has 0 saturated carbocycles. The second-order valence-electron chi connectivity index (χ2n) is 4.74. The van der Waals surface area contributed by atoms with Crippen LogP contribution >= 0.6 is 0 Å². The number of ketones is 1. The Balaban J connectivity index is 3.37. The minimum absolute atomic E-state index is 0.142. The van der Waals surface area contributed by atoms with Gasteiger partial charge in [0.1, 0.15) is 6.54 Å². The maximum Gasteiger partial charge on any atom is 0.405 e. The molecule has 0 aliphatic heterocycles. The fraction of sp³-hybridized carbons (Fsp3) is 0.429. The molecule has 1 rings (SSSR count). The summed E-state index contributed by atoms with van der Waals surface area (Å²) in [5.74, 6) is -0.336. The number of carbonyl (C=O) groups excluding carboxylic acids is 1. The molecule has 0 aromatic heterocycles. The van der Waals surface area contributed by atoms with Crippen LogP contribution in [-0.4, -0.2) is 24.5 Å². The zero-order chi connectivity index (χ0) is 15.5. The van der Waals surface area contributed by atoms with E-state index in [0.29, 0.717) is 0 Å². The standard InChI is InChI=1S/C14H15F3N2O/c1-9(2)19(8-14(15,16)17)13-6-11(7-18)4-5-12(13)10(3)20/h4-6,9H,8H2,1-3H3. The highest BCUT2D eigenvalue weighted by Gasteiger charge is 2.33. The number of hydrogen-bond acceptors (Lipinski definition) is 3. The number of rotatable bonds is 4. The molecule has 3 nitrogen and oxygen atoms in total. The summed E-state index contributed by atoms with van der Waals surface area (Å²) < 4.78 is 38.0. The molecular weight excluding hydrogens is 269 g/mol. The van der Waals surface area contributed by atoms with E-state index >= 15 is 0 Å². The first-order chi connectivity index (χ1) is 9.15. The summed E-state index contributed by atoms with van der Waals surface area (Å²) in [6, 6.07) is 5.55. The molecule has 0 aliphatic carbocycles. The van der Waals surface area contributed by atoms with Crippen LogP contribution in [0, 0.1) is 11.3 Å². The van der Waals surface area contributed by atoms with Gasteiger partial charge in [-0.05, 0) is 39.0 Å². The number of carbonyl (C=O) groups is 1. The van der Waals surface area contributed by atoms with Crippen molar-refractivity contribution >= 4 is 11.5 Å². The second kappa shape index (κ2) is 5.95. The van der Waals surface area contributed by atoms with Crippen molar-refractivity contribution in [2.24, 2.45) is 0 Å². The van der Waals surface area contributed by atoms with Crippen molar-refractivity contribution in [2.75, 3.05) is 11.4 Å². The van der Waals surface area contributed by atoms with Crippen LogP contribution in [0.5, 0.6) is 0 Å². The third-order valence-electron chi connectivity index (χ3n) is 2.79. The molecule has 0 fully saturated rings. The monoisotopic (exact) mass is 284 g/mol. The number of Topliss-reactive ketones (excluding diaryl/α,β-unsaturated/α-hetero) is 1. The van der Waals surface area contributed by atoms with Gasteiger partial charge in [0, 0.05) is 17.3 Å². The highest BCUT2D eigenvalue weighted by molar-refractivity contribution is 6.00. The van der Waals surface area contributed by atoms with Gasteiger partial charge in [-0.2, -0.15) is 18.4 Å². The normalized spacial score (nSPS) is 11.3. The van der Waals surface area contributed by atoms with Gasteiger partial charge in [-0.3, -0.25) is 4.79 Å². The van der Waals surface area contributed by atoms with Crippen molar-refractivity contribution in [3.05, 3.63) is 29.3 Å². The predicted molar refractivity (Wildman–Crippen MR) is 69.7 cm³/mol. The molecule has 0 radical (unpaired) electrons. The molecule has 0 N–H and O–H groups in total. The Hall–Kier alpha value is -2.03. The third kappa shape index (κ3) is 3.98. The summed E-state index contributed by atoms with van der Waals surface area (Å²) in [5.41, 5.74) is 0.545. The van der Waals surface area contributed by atoms with Crippen LogP contribution in [0.1, 0.15) is 36.7 Å². The van der Waals surface area contributed by atoms with Crippen LogP contribution in [-0.2, 0) is 0 Å². The number of alkyl halides is 3. The molecule has 20 heavy (non-hydrogen) atoms. The van der Waals surface area contributed by atoms with Crippen LogP contribution in [0.2, 0.25) is 0 Å². The first kappa shape index (κ1) is 16.0. The van der Waals surface area contributed by atoms with Gasteiger partial charge in [-0.25, -0.2) is 0 Å². The van der Waals surface area contributed by atoms with Crippen molar-refractivity contribution in [1.82, 2.24) is 0 Å². The highest BCUT2D eigenvalue weighted by Crippen LogP contribution is 2.28. The lowest BCUT2D eigenvalue weighted by Crippen LogP contribution is -2.40. The van der Waals surface area contributed by atoms with Crippen molar-refractivity contribution in [2.45, 2.75) is 33.0 Å². The van der Waals surface area contributed by atoms with E-state index in [-0.39, 0.29) is 22.6 Å². The van der Waals surface area contributed by atoms with E-state index in [1.807, 2.05) is 6.07 Å². The quantitative estimate of drug-likeness (QED) is 0.794. The Morgan fingerprint density at radius 3 is 2.40 bits per heavy atom. The highest BCUT2D eigenvalue weighted by atomic mass is 19.4. The molecule has 6 heteroatoms. The molecule has 0 bridgehead atoms. The Kier molecular flexibility index (Phi) is 4.77. The lowest BCUT2D eigenvalue weighted by molar-refractivity contribution is -0.120. The van der Waals surface area contributed by atoms with E-state index in [1.165, 1.54) is 25.1 Å². The summed E-state index contributed by atoms with van der Waals surface area (Å²) >= 11 is 0. The smallest absolute Gasteiger partial charge is 0.359 e. The summed E-state index contributed by atoms with van der Waals surface area (Å²) in [5, 5.41) is 8.87. The minimum Gasteiger partial charge on any atom is -0.359 e. The van der Waals surface area contributed by atoms with Gasteiger partial charge in [0.25, 0.3) is 0 Å². The lowest BCUT2D eigenvalue weighted by atomic mass is 10.0. The van der Waals surface area contributed by atoms with Gasteiger partial charge >= 0.3 is 6.18 Å². The maximum atomic E-state index is 12.7. The van der Waals surface area contributed by atoms with Gasteiger partial charge in [-0.1, -0.05) is 0 Å². The van der Waals surface area contributed by atoms with Gasteiger partial charge in [0.05, 0.1) is 11.6 Å². The van der Waals surface area contributed by atoms with E-state index in [1.54, 1.807) is 13.8 Å². The van der Waals surface area contributed by atoms with Crippen LogP contribution in [0.4, 0.5) is 18.9 Å². The number of nitriles is 1. The summed E-state index contributed by atoms with van der Waals surface area (Å²) in [7, 11) is 0. The number of hydrogen-bond donors (Lipinski definition) is 0. The average molecular weight is 284 g/mol.